The molecule has 0 bridgehead atoms. The van der Waals surface area contributed by atoms with Gasteiger partial charge in [-0.25, -0.2) is 0 Å². The lowest BCUT2D eigenvalue weighted by Gasteiger charge is -2.41. The number of hydrogen-bond donors (Lipinski definition) is 2. The second kappa shape index (κ2) is 9.19. The van der Waals surface area contributed by atoms with E-state index >= 15 is 0 Å². The number of unbranched alkanes of at least 4 members (excludes halogenated alkanes) is 3. The molecule has 134 valence electrons. The van der Waals surface area contributed by atoms with Crippen molar-refractivity contribution in [2.75, 3.05) is 19.6 Å². The SMILES string of the molecule is CC(C)(CNC(=O)CCCCCCN)N1CCc2ccccc2C1. The molecule has 1 aromatic carbocycles. The van der Waals surface area contributed by atoms with Crippen molar-refractivity contribution in [2.45, 2.75) is 64.5 Å². The predicted octanol–water partition coefficient (Wildman–Crippen LogP) is 2.85. The van der Waals surface area contributed by atoms with E-state index in [1.807, 2.05) is 0 Å². The average Bonchev–Trinajstić information content (AvgIpc) is 2.59. The molecule has 1 aromatic rings. The maximum Gasteiger partial charge on any atom is 0.220 e. The molecule has 0 aromatic heterocycles. The number of nitrogens with one attached hydrogen (secondary N) is 1. The fraction of sp³-hybridized carbons (Fsp3) is 0.650. The van der Waals surface area contributed by atoms with Crippen LogP contribution in [0.3, 0.4) is 0 Å². The molecule has 0 fully saturated rings. The highest BCUT2D eigenvalue weighted by molar-refractivity contribution is 5.75. The van der Waals surface area contributed by atoms with Crippen molar-refractivity contribution in [1.29, 1.82) is 0 Å². The molecular formula is C20H33N3O. The third-order valence-electron chi connectivity index (χ3n) is 5.06. The molecule has 3 N–H and O–H groups in total. The van der Waals surface area contributed by atoms with Gasteiger partial charge in [0.05, 0.1) is 0 Å². The summed E-state index contributed by atoms with van der Waals surface area (Å²) in [7, 11) is 0. The van der Waals surface area contributed by atoms with Crippen LogP contribution in [-0.2, 0) is 17.8 Å². The number of benzene rings is 1. The number of carbonyl (C=O) groups is 1. The van der Waals surface area contributed by atoms with Crippen LogP contribution in [0.4, 0.5) is 0 Å². The Balaban J connectivity index is 1.74. The Morgan fingerprint density at radius 2 is 1.88 bits per heavy atom. The van der Waals surface area contributed by atoms with E-state index in [0.29, 0.717) is 13.0 Å². The predicted molar refractivity (Wildman–Crippen MR) is 99.8 cm³/mol. The van der Waals surface area contributed by atoms with Gasteiger partial charge in [-0.2, -0.15) is 0 Å². The minimum absolute atomic E-state index is 0.0251. The summed E-state index contributed by atoms with van der Waals surface area (Å²) in [4.78, 5) is 14.5. The fourth-order valence-corrected chi connectivity index (χ4v) is 3.31. The van der Waals surface area contributed by atoms with E-state index in [-0.39, 0.29) is 11.4 Å². The molecule has 0 atom stereocenters. The van der Waals surface area contributed by atoms with Crippen LogP contribution >= 0.6 is 0 Å². The molecule has 2 rings (SSSR count). The molecule has 0 aliphatic carbocycles. The largest absolute Gasteiger partial charge is 0.354 e. The summed E-state index contributed by atoms with van der Waals surface area (Å²) >= 11 is 0. The Kier molecular flexibility index (Phi) is 7.25. The number of carbonyl (C=O) groups excluding carboxylic acids is 1. The Morgan fingerprint density at radius 3 is 2.62 bits per heavy atom. The quantitative estimate of drug-likeness (QED) is 0.684. The summed E-state index contributed by atoms with van der Waals surface area (Å²) in [6.07, 6.45) is 5.96. The highest BCUT2D eigenvalue weighted by Gasteiger charge is 2.29. The van der Waals surface area contributed by atoms with E-state index in [1.165, 1.54) is 11.1 Å². The van der Waals surface area contributed by atoms with E-state index in [4.69, 9.17) is 5.73 Å². The fourth-order valence-electron chi connectivity index (χ4n) is 3.31. The van der Waals surface area contributed by atoms with Crippen molar-refractivity contribution in [2.24, 2.45) is 5.73 Å². The smallest absolute Gasteiger partial charge is 0.220 e. The summed E-state index contributed by atoms with van der Waals surface area (Å²) in [6.45, 7) is 7.93. The number of rotatable bonds is 9. The molecule has 1 amide bonds. The minimum atomic E-state index is -0.0251. The first-order chi connectivity index (χ1) is 11.5. The van der Waals surface area contributed by atoms with E-state index in [2.05, 4.69) is 48.3 Å². The van der Waals surface area contributed by atoms with Gasteiger partial charge in [-0.05, 0) is 50.8 Å². The Hall–Kier alpha value is -1.39. The summed E-state index contributed by atoms with van der Waals surface area (Å²) in [5, 5.41) is 3.13. The van der Waals surface area contributed by atoms with Gasteiger partial charge in [-0.3, -0.25) is 9.69 Å². The number of nitrogens with two attached hydrogens (primary N) is 1. The van der Waals surface area contributed by atoms with Gasteiger partial charge in [0, 0.05) is 31.6 Å². The van der Waals surface area contributed by atoms with Crippen LogP contribution in [0.1, 0.15) is 57.1 Å². The van der Waals surface area contributed by atoms with Crippen molar-refractivity contribution in [1.82, 2.24) is 10.2 Å². The van der Waals surface area contributed by atoms with Crippen LogP contribution in [0.25, 0.3) is 0 Å². The molecule has 0 spiro atoms. The Labute approximate surface area is 146 Å². The Bertz CT molecular complexity index is 527. The van der Waals surface area contributed by atoms with Crippen LogP contribution in [0.15, 0.2) is 24.3 Å². The van der Waals surface area contributed by atoms with Crippen LogP contribution in [0.5, 0.6) is 0 Å². The molecule has 0 saturated carbocycles. The second-order valence-electron chi connectivity index (χ2n) is 7.48. The first-order valence-corrected chi connectivity index (χ1v) is 9.31. The highest BCUT2D eigenvalue weighted by Crippen LogP contribution is 2.24. The van der Waals surface area contributed by atoms with Gasteiger partial charge >= 0.3 is 0 Å². The first kappa shape index (κ1) is 18.9. The van der Waals surface area contributed by atoms with E-state index in [0.717, 1.165) is 51.7 Å². The topological polar surface area (TPSA) is 58.4 Å². The van der Waals surface area contributed by atoms with Gasteiger partial charge in [0.1, 0.15) is 0 Å². The van der Waals surface area contributed by atoms with Gasteiger partial charge in [0.25, 0.3) is 0 Å². The second-order valence-corrected chi connectivity index (χ2v) is 7.48. The summed E-state index contributed by atoms with van der Waals surface area (Å²) in [5.41, 5.74) is 8.34. The Morgan fingerprint density at radius 1 is 1.17 bits per heavy atom. The van der Waals surface area contributed by atoms with Crippen molar-refractivity contribution >= 4 is 5.91 Å². The summed E-state index contributed by atoms with van der Waals surface area (Å²) in [6, 6.07) is 8.68. The maximum absolute atomic E-state index is 12.0. The van der Waals surface area contributed by atoms with Crippen molar-refractivity contribution in [3.05, 3.63) is 35.4 Å². The first-order valence-electron chi connectivity index (χ1n) is 9.31. The molecule has 0 radical (unpaired) electrons. The third kappa shape index (κ3) is 5.60. The van der Waals surface area contributed by atoms with Gasteiger partial charge < -0.3 is 11.1 Å². The highest BCUT2D eigenvalue weighted by atomic mass is 16.1. The van der Waals surface area contributed by atoms with E-state index in [9.17, 15) is 4.79 Å². The molecule has 24 heavy (non-hydrogen) atoms. The zero-order valence-electron chi connectivity index (χ0n) is 15.3. The van der Waals surface area contributed by atoms with Crippen LogP contribution in [0, 0.1) is 0 Å². The summed E-state index contributed by atoms with van der Waals surface area (Å²) in [5.74, 6) is 0.174. The lowest BCUT2D eigenvalue weighted by molar-refractivity contribution is -0.121. The lowest BCUT2D eigenvalue weighted by Crippen LogP contribution is -2.53. The average molecular weight is 332 g/mol. The molecule has 0 unspecified atom stereocenters. The number of amides is 1. The number of nitrogens with zero attached hydrogens (tertiary/aromatic N) is 1. The van der Waals surface area contributed by atoms with E-state index < -0.39 is 0 Å². The number of fused-ring (bicyclic) bond motifs is 1. The monoisotopic (exact) mass is 331 g/mol. The number of hydrogen-bond acceptors (Lipinski definition) is 3. The van der Waals surface area contributed by atoms with Gasteiger partial charge in [-0.1, -0.05) is 37.1 Å². The normalized spacial score (nSPS) is 15.1. The standard InChI is InChI=1S/C20H33N3O/c1-20(2,16-22-19(24)11-5-3-4-8-13-21)23-14-12-17-9-6-7-10-18(17)15-23/h6-7,9-10H,3-5,8,11-16,21H2,1-2H3,(H,22,24). The maximum atomic E-state index is 12.0. The molecule has 1 heterocycles. The molecule has 4 nitrogen and oxygen atoms in total. The van der Waals surface area contributed by atoms with Crippen molar-refractivity contribution in [3.8, 4) is 0 Å². The zero-order chi connectivity index (χ0) is 17.4. The van der Waals surface area contributed by atoms with Gasteiger partial charge in [0.15, 0.2) is 0 Å². The van der Waals surface area contributed by atoms with E-state index in [1.54, 1.807) is 0 Å². The van der Waals surface area contributed by atoms with Gasteiger partial charge in [-0.15, -0.1) is 0 Å². The zero-order valence-corrected chi connectivity index (χ0v) is 15.3. The van der Waals surface area contributed by atoms with Crippen molar-refractivity contribution in [3.63, 3.8) is 0 Å². The van der Waals surface area contributed by atoms with Crippen LogP contribution in [-0.4, -0.2) is 36.0 Å². The third-order valence-corrected chi connectivity index (χ3v) is 5.06. The molecule has 1 aliphatic rings. The molecule has 4 heteroatoms. The van der Waals surface area contributed by atoms with Crippen LogP contribution in [0.2, 0.25) is 0 Å². The molecule has 1 aliphatic heterocycles. The lowest BCUT2D eigenvalue weighted by atomic mass is 9.94. The molecular weight excluding hydrogens is 298 g/mol. The van der Waals surface area contributed by atoms with Gasteiger partial charge in [0.2, 0.25) is 5.91 Å². The summed E-state index contributed by atoms with van der Waals surface area (Å²) < 4.78 is 0. The van der Waals surface area contributed by atoms with Crippen LogP contribution < -0.4 is 11.1 Å². The van der Waals surface area contributed by atoms with Crippen molar-refractivity contribution < 1.29 is 4.79 Å². The molecule has 0 saturated heterocycles. The minimum Gasteiger partial charge on any atom is -0.354 e.